The molecular formula is C26H24N6O5. The minimum atomic E-state index is -0.656. The summed E-state index contributed by atoms with van der Waals surface area (Å²) in [4.78, 5) is 32.6. The minimum Gasteiger partial charge on any atom is -0.497 e. The number of carbonyl (C=O) groups is 1. The van der Waals surface area contributed by atoms with E-state index in [0.29, 0.717) is 17.2 Å². The standard InChI is InChI=1S/C26H24N6O5/c1-36-19-13-14-20(21(15-19)37-2)29-24-23(32(34)35)25(28-16-27-24)30-31-26(33)22(17-9-5-3-6-10-17)18-11-7-4-8-12-18/h3-16,22H,1-2H3,(H,31,33)(H2,27,28,29,30). The fourth-order valence-corrected chi connectivity index (χ4v) is 3.74. The van der Waals surface area contributed by atoms with Crippen LogP contribution < -0.4 is 25.6 Å². The lowest BCUT2D eigenvalue weighted by Gasteiger charge is -2.18. The summed E-state index contributed by atoms with van der Waals surface area (Å²) in [6.45, 7) is 0. The van der Waals surface area contributed by atoms with E-state index < -0.39 is 22.4 Å². The number of nitrogens with one attached hydrogen (secondary N) is 3. The van der Waals surface area contributed by atoms with Gasteiger partial charge in [0.25, 0.3) is 0 Å². The number of anilines is 3. The number of rotatable bonds is 10. The predicted molar refractivity (Wildman–Crippen MR) is 138 cm³/mol. The Morgan fingerprint density at radius 2 is 1.51 bits per heavy atom. The van der Waals surface area contributed by atoms with E-state index in [4.69, 9.17) is 9.47 Å². The van der Waals surface area contributed by atoms with Gasteiger partial charge >= 0.3 is 5.69 Å². The number of nitrogens with zero attached hydrogens (tertiary/aromatic N) is 3. The molecule has 0 aliphatic rings. The number of aromatic nitrogens is 2. The summed E-state index contributed by atoms with van der Waals surface area (Å²) in [6.07, 6.45) is 1.14. The van der Waals surface area contributed by atoms with Crippen molar-refractivity contribution in [2.24, 2.45) is 0 Å². The third-order valence-electron chi connectivity index (χ3n) is 5.50. The molecule has 1 aromatic heterocycles. The molecule has 0 aliphatic carbocycles. The van der Waals surface area contributed by atoms with Gasteiger partial charge in [0.15, 0.2) is 0 Å². The zero-order valence-corrected chi connectivity index (χ0v) is 20.0. The van der Waals surface area contributed by atoms with Crippen molar-refractivity contribution in [1.29, 1.82) is 0 Å². The molecule has 188 valence electrons. The van der Waals surface area contributed by atoms with Gasteiger partial charge in [-0.2, -0.15) is 0 Å². The molecule has 0 saturated heterocycles. The molecule has 11 nitrogen and oxygen atoms in total. The SMILES string of the molecule is COc1ccc(Nc2ncnc(NNC(=O)C(c3ccccc3)c3ccccc3)c2[N+](=O)[O-])c(OC)c1. The molecule has 0 atom stereocenters. The number of benzene rings is 3. The minimum absolute atomic E-state index is 0.0946. The van der Waals surface area contributed by atoms with Crippen molar-refractivity contribution in [2.45, 2.75) is 5.92 Å². The normalized spacial score (nSPS) is 10.5. The topological polar surface area (TPSA) is 141 Å². The second-order valence-corrected chi connectivity index (χ2v) is 7.74. The molecule has 0 aliphatic heterocycles. The van der Waals surface area contributed by atoms with Gasteiger partial charge in [-0.15, -0.1) is 0 Å². The average molecular weight is 501 g/mol. The van der Waals surface area contributed by atoms with E-state index in [1.54, 1.807) is 18.2 Å². The van der Waals surface area contributed by atoms with Gasteiger partial charge in [0.2, 0.25) is 17.5 Å². The number of hydrogen-bond donors (Lipinski definition) is 3. The molecular weight excluding hydrogens is 476 g/mol. The third-order valence-corrected chi connectivity index (χ3v) is 5.50. The first-order chi connectivity index (χ1) is 18.0. The number of hydrazine groups is 1. The molecule has 3 N–H and O–H groups in total. The van der Waals surface area contributed by atoms with Gasteiger partial charge < -0.3 is 14.8 Å². The zero-order valence-electron chi connectivity index (χ0n) is 20.0. The van der Waals surface area contributed by atoms with E-state index in [0.717, 1.165) is 17.5 Å². The van der Waals surface area contributed by atoms with Gasteiger partial charge in [0.1, 0.15) is 17.8 Å². The molecule has 0 saturated carbocycles. The maximum absolute atomic E-state index is 13.3. The first-order valence-corrected chi connectivity index (χ1v) is 11.2. The van der Waals surface area contributed by atoms with E-state index in [1.807, 2.05) is 60.7 Å². The van der Waals surface area contributed by atoms with Crippen LogP contribution in [-0.2, 0) is 4.79 Å². The summed E-state index contributed by atoms with van der Waals surface area (Å²) >= 11 is 0. The average Bonchev–Trinajstić information content (AvgIpc) is 2.93. The van der Waals surface area contributed by atoms with Gasteiger partial charge in [-0.1, -0.05) is 60.7 Å². The molecule has 1 heterocycles. The van der Waals surface area contributed by atoms with Gasteiger partial charge in [0.05, 0.1) is 30.7 Å². The van der Waals surface area contributed by atoms with Gasteiger partial charge in [-0.3, -0.25) is 25.8 Å². The van der Waals surface area contributed by atoms with Crippen LogP contribution in [0, 0.1) is 10.1 Å². The fourth-order valence-electron chi connectivity index (χ4n) is 3.74. The number of nitro groups is 1. The second-order valence-electron chi connectivity index (χ2n) is 7.74. The highest BCUT2D eigenvalue weighted by atomic mass is 16.6. The van der Waals surface area contributed by atoms with E-state index in [1.165, 1.54) is 14.2 Å². The molecule has 11 heteroatoms. The maximum atomic E-state index is 13.3. The Morgan fingerprint density at radius 3 is 2.08 bits per heavy atom. The lowest BCUT2D eigenvalue weighted by atomic mass is 9.91. The Balaban J connectivity index is 1.61. The summed E-state index contributed by atoms with van der Waals surface area (Å²) in [5, 5.41) is 14.9. The number of amides is 1. The van der Waals surface area contributed by atoms with Crippen molar-refractivity contribution in [3.8, 4) is 11.5 Å². The molecule has 0 spiro atoms. The second kappa shape index (κ2) is 11.5. The number of ether oxygens (including phenoxy) is 2. The molecule has 0 radical (unpaired) electrons. The van der Waals surface area contributed by atoms with Crippen molar-refractivity contribution in [3.05, 3.63) is 106 Å². The first kappa shape index (κ1) is 24.9. The fraction of sp³-hybridized carbons (Fsp3) is 0.115. The summed E-state index contributed by atoms with van der Waals surface area (Å²) < 4.78 is 10.5. The molecule has 4 rings (SSSR count). The third kappa shape index (κ3) is 5.73. The number of methoxy groups -OCH3 is 2. The smallest absolute Gasteiger partial charge is 0.355 e. The van der Waals surface area contributed by atoms with E-state index >= 15 is 0 Å². The highest BCUT2D eigenvalue weighted by Crippen LogP contribution is 2.36. The van der Waals surface area contributed by atoms with E-state index in [-0.39, 0.29) is 11.6 Å². The maximum Gasteiger partial charge on any atom is 0.355 e. The molecule has 1 amide bonds. The van der Waals surface area contributed by atoms with Gasteiger partial charge in [0, 0.05) is 6.07 Å². The molecule has 0 unspecified atom stereocenters. The van der Waals surface area contributed by atoms with Crippen LogP contribution >= 0.6 is 0 Å². The van der Waals surface area contributed by atoms with Crippen LogP contribution in [0.5, 0.6) is 11.5 Å². The predicted octanol–water partition coefficient (Wildman–Crippen LogP) is 4.42. The van der Waals surface area contributed by atoms with Crippen molar-refractivity contribution in [3.63, 3.8) is 0 Å². The van der Waals surface area contributed by atoms with Crippen molar-refractivity contribution in [2.75, 3.05) is 25.0 Å². The Morgan fingerprint density at radius 1 is 0.892 bits per heavy atom. The summed E-state index contributed by atoms with van der Waals surface area (Å²) in [5.74, 6) is -0.417. The van der Waals surface area contributed by atoms with Crippen LogP contribution in [0.15, 0.2) is 85.2 Å². The van der Waals surface area contributed by atoms with E-state index in [2.05, 4.69) is 26.1 Å². The van der Waals surface area contributed by atoms with Crippen LogP contribution in [0.2, 0.25) is 0 Å². The Labute approximate surface area is 212 Å². The van der Waals surface area contributed by atoms with Gasteiger partial charge in [-0.25, -0.2) is 9.97 Å². The van der Waals surface area contributed by atoms with Crippen LogP contribution in [0.25, 0.3) is 0 Å². The molecule has 0 bridgehead atoms. The van der Waals surface area contributed by atoms with Crippen molar-refractivity contribution < 1.29 is 19.2 Å². The van der Waals surface area contributed by atoms with Crippen LogP contribution in [-0.4, -0.2) is 35.0 Å². The summed E-state index contributed by atoms with van der Waals surface area (Å²) in [6, 6.07) is 23.4. The molecule has 4 aromatic rings. The lowest BCUT2D eigenvalue weighted by Crippen LogP contribution is -2.35. The summed E-state index contributed by atoms with van der Waals surface area (Å²) in [7, 11) is 2.98. The molecule has 37 heavy (non-hydrogen) atoms. The largest absolute Gasteiger partial charge is 0.497 e. The Kier molecular flexibility index (Phi) is 7.74. The van der Waals surface area contributed by atoms with E-state index in [9.17, 15) is 14.9 Å². The summed E-state index contributed by atoms with van der Waals surface area (Å²) in [5.41, 5.74) is 6.66. The Hall–Kier alpha value is -5.19. The number of carbonyl (C=O) groups excluding carboxylic acids is 1. The molecule has 0 fully saturated rings. The molecule has 3 aromatic carbocycles. The number of hydrogen-bond acceptors (Lipinski definition) is 9. The monoisotopic (exact) mass is 500 g/mol. The first-order valence-electron chi connectivity index (χ1n) is 11.2. The highest BCUT2D eigenvalue weighted by molar-refractivity contribution is 5.88. The lowest BCUT2D eigenvalue weighted by molar-refractivity contribution is -0.383. The zero-order chi connectivity index (χ0) is 26.2. The quantitative estimate of drug-likeness (QED) is 0.213. The van der Waals surface area contributed by atoms with Gasteiger partial charge in [-0.05, 0) is 23.3 Å². The van der Waals surface area contributed by atoms with Crippen LogP contribution in [0.4, 0.5) is 23.0 Å². The van der Waals surface area contributed by atoms with Crippen LogP contribution in [0.3, 0.4) is 0 Å². The van der Waals surface area contributed by atoms with Crippen molar-refractivity contribution >= 4 is 28.9 Å². The van der Waals surface area contributed by atoms with Crippen molar-refractivity contribution in [1.82, 2.24) is 15.4 Å². The Bertz CT molecular complexity index is 1350. The van der Waals surface area contributed by atoms with Crippen LogP contribution in [0.1, 0.15) is 17.0 Å². The highest BCUT2D eigenvalue weighted by Gasteiger charge is 2.27.